The van der Waals surface area contributed by atoms with Crippen LogP contribution in [0.2, 0.25) is 0 Å². The molecular weight excluding hydrogens is 368 g/mol. The average molecular weight is 405 g/mol. The molecule has 162 valence electrons. The number of benzene rings is 1. The van der Waals surface area contributed by atoms with E-state index in [0.29, 0.717) is 12.6 Å². The number of rotatable bonds is 8. The summed E-state index contributed by atoms with van der Waals surface area (Å²) in [6, 6.07) is 6.72. The van der Waals surface area contributed by atoms with Crippen molar-refractivity contribution in [3.63, 3.8) is 0 Å². The molecule has 2 atom stereocenters. The van der Waals surface area contributed by atoms with Crippen LogP contribution in [0.1, 0.15) is 25.3 Å². The van der Waals surface area contributed by atoms with E-state index in [1.165, 1.54) is 24.9 Å². The zero-order chi connectivity index (χ0) is 20.6. The highest BCUT2D eigenvalue weighted by molar-refractivity contribution is 5.79. The van der Waals surface area contributed by atoms with Crippen molar-refractivity contribution in [2.45, 2.75) is 38.3 Å². The minimum atomic E-state index is 0.192. The molecule has 0 radical (unpaired) electrons. The molecule has 1 aromatic rings. The monoisotopic (exact) mass is 404 g/mol. The van der Waals surface area contributed by atoms with Crippen LogP contribution in [0.4, 0.5) is 0 Å². The Kier molecular flexibility index (Phi) is 8.00. The van der Waals surface area contributed by atoms with Crippen molar-refractivity contribution in [1.29, 1.82) is 0 Å². The summed E-state index contributed by atoms with van der Waals surface area (Å²) in [5.74, 6) is 2.45. The molecule has 29 heavy (non-hydrogen) atoms. The normalized spacial score (nSPS) is 22.3. The van der Waals surface area contributed by atoms with E-state index in [-0.39, 0.29) is 6.10 Å². The summed E-state index contributed by atoms with van der Waals surface area (Å²) in [5.41, 5.74) is 1.21. The Morgan fingerprint density at radius 2 is 2.14 bits per heavy atom. The summed E-state index contributed by atoms with van der Waals surface area (Å²) in [4.78, 5) is 9.61. The number of guanidine groups is 1. The van der Waals surface area contributed by atoms with E-state index in [9.17, 15) is 0 Å². The number of aliphatic imine (C=N–C) groups is 1. The first-order valence-corrected chi connectivity index (χ1v) is 10.7. The first-order valence-electron chi connectivity index (χ1n) is 10.7. The summed E-state index contributed by atoms with van der Waals surface area (Å²) in [7, 11) is 5.41. The van der Waals surface area contributed by atoms with Crippen LogP contribution in [-0.4, -0.2) is 88.5 Å². The number of methoxy groups -OCH3 is 2. The van der Waals surface area contributed by atoms with E-state index >= 15 is 0 Å². The number of hydrogen-bond donors (Lipinski definition) is 1. The fourth-order valence-corrected chi connectivity index (χ4v) is 4.09. The predicted octanol–water partition coefficient (Wildman–Crippen LogP) is 2.01. The van der Waals surface area contributed by atoms with Gasteiger partial charge < -0.3 is 24.4 Å². The van der Waals surface area contributed by atoms with Gasteiger partial charge in [-0.3, -0.25) is 9.89 Å². The van der Waals surface area contributed by atoms with Crippen molar-refractivity contribution < 1.29 is 14.2 Å². The molecule has 1 N–H and O–H groups in total. The van der Waals surface area contributed by atoms with Gasteiger partial charge in [-0.1, -0.05) is 6.07 Å². The SMILES string of the molecule is CCNC(=NCC1CN2CCCC2CO1)N(C)CCc1ccc(OC)c(OC)c1. The smallest absolute Gasteiger partial charge is 0.193 e. The van der Waals surface area contributed by atoms with Gasteiger partial charge in [0.2, 0.25) is 0 Å². The third-order valence-corrected chi connectivity index (χ3v) is 5.79. The maximum Gasteiger partial charge on any atom is 0.193 e. The molecule has 0 bridgehead atoms. The van der Waals surface area contributed by atoms with E-state index in [1.807, 2.05) is 12.1 Å². The highest BCUT2D eigenvalue weighted by Gasteiger charge is 2.32. The number of hydrogen-bond acceptors (Lipinski definition) is 5. The first-order chi connectivity index (χ1) is 14.1. The summed E-state index contributed by atoms with van der Waals surface area (Å²) < 4.78 is 16.8. The van der Waals surface area contributed by atoms with Crippen LogP contribution in [0.5, 0.6) is 11.5 Å². The molecule has 2 aliphatic heterocycles. The lowest BCUT2D eigenvalue weighted by molar-refractivity contribution is -0.0432. The highest BCUT2D eigenvalue weighted by Crippen LogP contribution is 2.27. The molecule has 2 saturated heterocycles. The van der Waals surface area contributed by atoms with Gasteiger partial charge in [0.15, 0.2) is 17.5 Å². The van der Waals surface area contributed by atoms with Gasteiger partial charge in [-0.05, 0) is 50.4 Å². The summed E-state index contributed by atoms with van der Waals surface area (Å²) >= 11 is 0. The fraction of sp³-hybridized carbons (Fsp3) is 0.682. The molecule has 0 aromatic heterocycles. The first kappa shape index (κ1) is 21.7. The molecule has 7 nitrogen and oxygen atoms in total. The van der Waals surface area contributed by atoms with Crippen LogP contribution in [0.15, 0.2) is 23.2 Å². The molecular formula is C22H36N4O3. The highest BCUT2D eigenvalue weighted by atomic mass is 16.5. The molecule has 0 aliphatic carbocycles. The molecule has 0 saturated carbocycles. The van der Waals surface area contributed by atoms with Gasteiger partial charge in [0.25, 0.3) is 0 Å². The largest absolute Gasteiger partial charge is 0.493 e. The number of likely N-dealkylation sites (N-methyl/N-ethyl adjacent to an activating group) is 1. The number of nitrogens with one attached hydrogen (secondary N) is 1. The second-order valence-electron chi connectivity index (χ2n) is 7.80. The topological polar surface area (TPSA) is 58.6 Å². The third-order valence-electron chi connectivity index (χ3n) is 5.79. The molecule has 2 fully saturated rings. The minimum absolute atomic E-state index is 0.192. The molecule has 2 heterocycles. The van der Waals surface area contributed by atoms with Crippen LogP contribution < -0.4 is 14.8 Å². The maximum atomic E-state index is 6.06. The van der Waals surface area contributed by atoms with Gasteiger partial charge in [0.1, 0.15) is 0 Å². The number of fused-ring (bicyclic) bond motifs is 1. The van der Waals surface area contributed by atoms with E-state index in [1.54, 1.807) is 14.2 Å². The molecule has 0 amide bonds. The molecule has 7 heteroatoms. The second kappa shape index (κ2) is 10.7. The van der Waals surface area contributed by atoms with Gasteiger partial charge in [-0.2, -0.15) is 0 Å². The lowest BCUT2D eigenvalue weighted by atomic mass is 10.1. The Morgan fingerprint density at radius 1 is 1.31 bits per heavy atom. The Balaban J connectivity index is 1.54. The number of morpholine rings is 1. The van der Waals surface area contributed by atoms with E-state index < -0.39 is 0 Å². The Bertz CT molecular complexity index is 682. The van der Waals surface area contributed by atoms with Crippen LogP contribution in [0, 0.1) is 0 Å². The summed E-state index contributed by atoms with van der Waals surface area (Å²) in [6.45, 7) is 7.57. The average Bonchev–Trinajstić information content (AvgIpc) is 3.22. The Labute approximate surface area is 175 Å². The molecule has 2 unspecified atom stereocenters. The summed E-state index contributed by atoms with van der Waals surface area (Å²) in [5, 5.41) is 3.41. The lowest BCUT2D eigenvalue weighted by Crippen LogP contribution is -2.47. The number of ether oxygens (including phenoxy) is 3. The van der Waals surface area contributed by atoms with Crippen LogP contribution >= 0.6 is 0 Å². The predicted molar refractivity (Wildman–Crippen MR) is 116 cm³/mol. The zero-order valence-corrected chi connectivity index (χ0v) is 18.3. The van der Waals surface area contributed by atoms with E-state index in [4.69, 9.17) is 19.2 Å². The second-order valence-corrected chi connectivity index (χ2v) is 7.80. The molecule has 1 aromatic carbocycles. The van der Waals surface area contributed by atoms with Crippen molar-refractivity contribution in [1.82, 2.24) is 15.1 Å². The van der Waals surface area contributed by atoms with Crippen molar-refractivity contribution in [2.75, 3.05) is 60.6 Å². The minimum Gasteiger partial charge on any atom is -0.493 e. The van der Waals surface area contributed by atoms with E-state index in [2.05, 4.69) is 35.2 Å². The molecule has 0 spiro atoms. The van der Waals surface area contributed by atoms with E-state index in [0.717, 1.165) is 50.1 Å². The Hall–Kier alpha value is -1.99. The zero-order valence-electron chi connectivity index (χ0n) is 18.3. The van der Waals surface area contributed by atoms with Gasteiger partial charge in [0.05, 0.1) is 33.5 Å². The summed E-state index contributed by atoms with van der Waals surface area (Å²) in [6.07, 6.45) is 3.66. The van der Waals surface area contributed by atoms with Crippen LogP contribution in [0.25, 0.3) is 0 Å². The van der Waals surface area contributed by atoms with Crippen molar-refractivity contribution in [2.24, 2.45) is 4.99 Å². The van der Waals surface area contributed by atoms with Crippen molar-refractivity contribution >= 4 is 5.96 Å². The lowest BCUT2D eigenvalue weighted by Gasteiger charge is -2.34. The van der Waals surface area contributed by atoms with Gasteiger partial charge in [-0.15, -0.1) is 0 Å². The molecule has 3 rings (SSSR count). The maximum absolute atomic E-state index is 6.06. The van der Waals surface area contributed by atoms with Crippen molar-refractivity contribution in [3.8, 4) is 11.5 Å². The van der Waals surface area contributed by atoms with Crippen LogP contribution in [0.3, 0.4) is 0 Å². The Morgan fingerprint density at radius 3 is 2.90 bits per heavy atom. The molecule has 2 aliphatic rings. The van der Waals surface area contributed by atoms with Gasteiger partial charge in [0, 0.05) is 32.7 Å². The van der Waals surface area contributed by atoms with Crippen molar-refractivity contribution in [3.05, 3.63) is 23.8 Å². The van der Waals surface area contributed by atoms with Crippen LogP contribution in [-0.2, 0) is 11.2 Å². The quantitative estimate of drug-likeness (QED) is 0.528. The fourth-order valence-electron chi connectivity index (χ4n) is 4.09. The third kappa shape index (κ3) is 5.76. The van der Waals surface area contributed by atoms with Gasteiger partial charge in [-0.25, -0.2) is 0 Å². The number of nitrogens with zero attached hydrogens (tertiary/aromatic N) is 3. The van der Waals surface area contributed by atoms with Gasteiger partial charge >= 0.3 is 0 Å². The standard InChI is InChI=1S/C22H36N4O3/c1-5-23-22(24-14-19-15-26-11-6-7-18(26)16-29-19)25(2)12-10-17-8-9-20(27-3)21(13-17)28-4/h8-9,13,18-19H,5-7,10-12,14-16H2,1-4H3,(H,23,24).